The molecule has 0 aliphatic carbocycles. The van der Waals surface area contributed by atoms with Crippen molar-refractivity contribution in [1.29, 1.82) is 0 Å². The van der Waals surface area contributed by atoms with Crippen molar-refractivity contribution in [3.8, 4) is 17.2 Å². The normalized spacial score (nSPS) is 12.9. The van der Waals surface area contributed by atoms with Gasteiger partial charge in [0.2, 0.25) is 0 Å². The summed E-state index contributed by atoms with van der Waals surface area (Å²) in [5, 5.41) is 5.13. The number of nitrogens with zero attached hydrogens (tertiary/aromatic N) is 3. The third kappa shape index (κ3) is 3.63. The number of hydrogen-bond acceptors (Lipinski definition) is 4. The fourth-order valence-electron chi connectivity index (χ4n) is 3.62. The van der Waals surface area contributed by atoms with Gasteiger partial charge in [-0.1, -0.05) is 17.7 Å². The molecule has 1 aliphatic heterocycles. The van der Waals surface area contributed by atoms with Crippen LogP contribution in [-0.4, -0.2) is 34.9 Å². The average molecular weight is 426 g/mol. The van der Waals surface area contributed by atoms with Gasteiger partial charge in [-0.15, -0.1) is 0 Å². The number of benzene rings is 2. The summed E-state index contributed by atoms with van der Waals surface area (Å²) in [5.41, 5.74) is 3.72. The predicted molar refractivity (Wildman–Crippen MR) is 117 cm³/mol. The molecule has 0 spiro atoms. The van der Waals surface area contributed by atoms with Crippen LogP contribution in [0.25, 0.3) is 5.69 Å². The number of hydrogen-bond donors (Lipinski definition) is 0. The highest BCUT2D eigenvalue weighted by Gasteiger charge is 2.24. The van der Waals surface area contributed by atoms with Crippen molar-refractivity contribution in [2.45, 2.75) is 33.7 Å². The number of rotatable bonds is 4. The Morgan fingerprint density at radius 3 is 2.50 bits per heavy atom. The molecule has 4 rings (SSSR count). The second-order valence-corrected chi connectivity index (χ2v) is 7.92. The second kappa shape index (κ2) is 8.03. The summed E-state index contributed by atoms with van der Waals surface area (Å²) in [4.78, 5) is 15.2. The van der Waals surface area contributed by atoms with Crippen LogP contribution >= 0.6 is 11.6 Å². The molecule has 7 heteroatoms. The van der Waals surface area contributed by atoms with E-state index in [-0.39, 0.29) is 11.9 Å². The van der Waals surface area contributed by atoms with Crippen LogP contribution in [0, 0.1) is 13.8 Å². The Bertz CT molecular complexity index is 1110. The summed E-state index contributed by atoms with van der Waals surface area (Å²) >= 11 is 6.30. The van der Waals surface area contributed by atoms with E-state index in [2.05, 4.69) is 5.10 Å². The Hall–Kier alpha value is -2.99. The number of aryl methyl sites for hydroxylation is 1. The summed E-state index contributed by atoms with van der Waals surface area (Å²) in [6, 6.07) is 13.0. The lowest BCUT2D eigenvalue weighted by molar-refractivity contribution is 0.0980. The zero-order chi connectivity index (χ0) is 21.4. The highest BCUT2D eigenvalue weighted by atomic mass is 35.5. The molecule has 0 N–H and O–H groups in total. The molecule has 3 aromatic rings. The minimum absolute atomic E-state index is 0.0492. The molecule has 1 amide bonds. The van der Waals surface area contributed by atoms with Gasteiger partial charge in [0, 0.05) is 23.4 Å². The SMILES string of the molecule is Cc1nn(-c2cccc(C(=O)N(c3ccc4c(c3)OCCO4)C(C)C)c2)c(C)c1Cl. The van der Waals surface area contributed by atoms with Crippen molar-refractivity contribution in [3.05, 3.63) is 64.4 Å². The zero-order valence-electron chi connectivity index (χ0n) is 17.5. The van der Waals surface area contributed by atoms with E-state index >= 15 is 0 Å². The van der Waals surface area contributed by atoms with Crippen LogP contribution < -0.4 is 14.4 Å². The van der Waals surface area contributed by atoms with Crippen molar-refractivity contribution in [2.24, 2.45) is 0 Å². The standard InChI is InChI=1S/C23H24ClN3O3/c1-14(2)26(18-8-9-20-21(13-18)30-11-10-29-20)23(28)17-6-5-7-19(12-17)27-16(4)22(24)15(3)25-27/h5-9,12-14H,10-11H2,1-4H3. The summed E-state index contributed by atoms with van der Waals surface area (Å²) in [6.45, 7) is 8.77. The number of carbonyl (C=O) groups excluding carboxylic acids is 1. The maximum atomic E-state index is 13.5. The van der Waals surface area contributed by atoms with Crippen LogP contribution in [0.1, 0.15) is 35.6 Å². The lowest BCUT2D eigenvalue weighted by Crippen LogP contribution is -2.37. The van der Waals surface area contributed by atoms with Crippen LogP contribution in [-0.2, 0) is 0 Å². The van der Waals surface area contributed by atoms with Crippen LogP contribution in [0.3, 0.4) is 0 Å². The molecule has 0 fully saturated rings. The molecule has 2 aromatic carbocycles. The zero-order valence-corrected chi connectivity index (χ0v) is 18.2. The van der Waals surface area contributed by atoms with E-state index in [0.717, 1.165) is 22.8 Å². The number of fused-ring (bicyclic) bond motifs is 1. The van der Waals surface area contributed by atoms with Gasteiger partial charge in [0.1, 0.15) is 13.2 Å². The minimum atomic E-state index is -0.101. The van der Waals surface area contributed by atoms with Gasteiger partial charge >= 0.3 is 0 Å². The first kappa shape index (κ1) is 20.3. The second-order valence-electron chi connectivity index (χ2n) is 7.54. The Labute approximate surface area is 181 Å². The fraction of sp³-hybridized carbons (Fsp3) is 0.304. The Kier molecular flexibility index (Phi) is 5.43. The van der Waals surface area contributed by atoms with E-state index in [1.54, 1.807) is 9.58 Å². The Morgan fingerprint density at radius 1 is 1.10 bits per heavy atom. The minimum Gasteiger partial charge on any atom is -0.486 e. The lowest BCUT2D eigenvalue weighted by atomic mass is 10.1. The molecule has 30 heavy (non-hydrogen) atoms. The van der Waals surface area contributed by atoms with Crippen LogP contribution in [0.5, 0.6) is 11.5 Å². The van der Waals surface area contributed by atoms with Gasteiger partial charge in [-0.25, -0.2) is 4.68 Å². The largest absolute Gasteiger partial charge is 0.486 e. The van der Waals surface area contributed by atoms with E-state index < -0.39 is 0 Å². The molecular formula is C23H24ClN3O3. The molecule has 6 nitrogen and oxygen atoms in total. The van der Waals surface area contributed by atoms with E-state index in [1.807, 2.05) is 70.2 Å². The molecule has 0 radical (unpaired) electrons. The maximum Gasteiger partial charge on any atom is 0.258 e. The van der Waals surface area contributed by atoms with Crippen molar-refractivity contribution >= 4 is 23.2 Å². The molecule has 1 aliphatic rings. The molecule has 1 aromatic heterocycles. The van der Waals surface area contributed by atoms with E-state index in [9.17, 15) is 4.79 Å². The third-order valence-electron chi connectivity index (χ3n) is 5.08. The van der Waals surface area contributed by atoms with Gasteiger partial charge in [0.15, 0.2) is 11.5 Å². The summed E-state index contributed by atoms with van der Waals surface area (Å²) < 4.78 is 13.1. The Morgan fingerprint density at radius 2 is 1.83 bits per heavy atom. The van der Waals surface area contributed by atoms with E-state index in [4.69, 9.17) is 21.1 Å². The first-order chi connectivity index (χ1) is 14.4. The monoisotopic (exact) mass is 425 g/mol. The molecule has 0 saturated heterocycles. The summed E-state index contributed by atoms with van der Waals surface area (Å²) in [5.74, 6) is 1.25. The number of carbonyl (C=O) groups is 1. The smallest absolute Gasteiger partial charge is 0.258 e. The molecule has 0 atom stereocenters. The number of halogens is 1. The van der Waals surface area contributed by atoms with Crippen LogP contribution in [0.2, 0.25) is 5.02 Å². The molecular weight excluding hydrogens is 402 g/mol. The van der Waals surface area contributed by atoms with Gasteiger partial charge in [0.25, 0.3) is 5.91 Å². The van der Waals surface area contributed by atoms with Gasteiger partial charge in [0.05, 0.1) is 22.1 Å². The number of anilines is 1. The highest BCUT2D eigenvalue weighted by molar-refractivity contribution is 6.31. The molecule has 0 unspecified atom stereocenters. The first-order valence-electron chi connectivity index (χ1n) is 9.92. The summed E-state index contributed by atoms with van der Waals surface area (Å²) in [7, 11) is 0. The third-order valence-corrected chi connectivity index (χ3v) is 5.63. The average Bonchev–Trinajstić information content (AvgIpc) is 3.01. The number of amides is 1. The van der Waals surface area contributed by atoms with Crippen molar-refractivity contribution in [1.82, 2.24) is 9.78 Å². The van der Waals surface area contributed by atoms with Crippen molar-refractivity contribution in [3.63, 3.8) is 0 Å². The van der Waals surface area contributed by atoms with Gasteiger partial charge < -0.3 is 14.4 Å². The Balaban J connectivity index is 1.70. The molecule has 156 valence electrons. The number of aromatic nitrogens is 2. The van der Waals surface area contributed by atoms with Gasteiger partial charge in [-0.2, -0.15) is 5.10 Å². The van der Waals surface area contributed by atoms with E-state index in [0.29, 0.717) is 35.3 Å². The summed E-state index contributed by atoms with van der Waals surface area (Å²) in [6.07, 6.45) is 0. The molecule has 2 heterocycles. The van der Waals surface area contributed by atoms with Gasteiger partial charge in [-0.05, 0) is 58.0 Å². The topological polar surface area (TPSA) is 56.6 Å². The van der Waals surface area contributed by atoms with Crippen LogP contribution in [0.15, 0.2) is 42.5 Å². The molecule has 0 bridgehead atoms. The highest BCUT2D eigenvalue weighted by Crippen LogP contribution is 2.35. The predicted octanol–water partition coefficient (Wildman–Crippen LogP) is 4.97. The maximum absolute atomic E-state index is 13.5. The fourth-order valence-corrected chi connectivity index (χ4v) is 3.73. The van der Waals surface area contributed by atoms with Crippen molar-refractivity contribution in [2.75, 3.05) is 18.1 Å². The molecule has 0 saturated carbocycles. The van der Waals surface area contributed by atoms with E-state index in [1.165, 1.54) is 0 Å². The lowest BCUT2D eigenvalue weighted by Gasteiger charge is -2.28. The first-order valence-corrected chi connectivity index (χ1v) is 10.3. The van der Waals surface area contributed by atoms with Crippen LogP contribution in [0.4, 0.5) is 5.69 Å². The quantitative estimate of drug-likeness (QED) is 0.592. The van der Waals surface area contributed by atoms with Crippen molar-refractivity contribution < 1.29 is 14.3 Å². The van der Waals surface area contributed by atoms with Gasteiger partial charge in [-0.3, -0.25) is 4.79 Å². The number of ether oxygens (including phenoxy) is 2.